The molecule has 22 heavy (non-hydrogen) atoms. The van der Waals surface area contributed by atoms with Gasteiger partial charge >= 0.3 is 0 Å². The van der Waals surface area contributed by atoms with Crippen molar-refractivity contribution in [3.63, 3.8) is 0 Å². The predicted molar refractivity (Wildman–Crippen MR) is 86.7 cm³/mol. The first-order valence-electron chi connectivity index (χ1n) is 8.11. The Balaban J connectivity index is 1.76. The lowest BCUT2D eigenvalue weighted by molar-refractivity contribution is 0.0763. The minimum atomic E-state index is -0.0293. The third-order valence-corrected chi connectivity index (χ3v) is 4.70. The molecule has 1 amide bonds. The number of hydrogen-bond donors (Lipinski definition) is 1. The van der Waals surface area contributed by atoms with Gasteiger partial charge in [0.25, 0.3) is 5.91 Å². The van der Waals surface area contributed by atoms with E-state index in [1.807, 2.05) is 23.1 Å². The van der Waals surface area contributed by atoms with Gasteiger partial charge in [-0.1, -0.05) is 12.1 Å². The van der Waals surface area contributed by atoms with Crippen LogP contribution in [0, 0.1) is 0 Å². The summed E-state index contributed by atoms with van der Waals surface area (Å²) in [5, 5.41) is 9.40. The van der Waals surface area contributed by atoms with Crippen LogP contribution in [0.5, 0.6) is 0 Å². The van der Waals surface area contributed by atoms with Gasteiger partial charge in [-0.2, -0.15) is 0 Å². The van der Waals surface area contributed by atoms with Crippen molar-refractivity contribution in [2.75, 3.05) is 26.2 Å². The van der Waals surface area contributed by atoms with Crippen molar-refractivity contribution in [1.29, 1.82) is 0 Å². The minimum absolute atomic E-state index is 0.0293. The molecule has 0 spiro atoms. The average molecular weight is 300 g/mol. The maximum atomic E-state index is 12.6. The van der Waals surface area contributed by atoms with Crippen LogP contribution in [0.2, 0.25) is 0 Å². The maximum absolute atomic E-state index is 12.6. The number of likely N-dealkylation sites (tertiary alicyclic amines) is 1. The summed E-state index contributed by atoms with van der Waals surface area (Å²) >= 11 is 0. The number of allylic oxidation sites excluding steroid dienone is 1. The molecule has 0 aliphatic carbocycles. The number of hydrogen-bond acceptors (Lipinski definition) is 3. The molecule has 1 fully saturated rings. The average Bonchev–Trinajstić information content (AvgIpc) is 3.14. The van der Waals surface area contributed by atoms with E-state index < -0.39 is 0 Å². The Labute approximate surface area is 132 Å². The van der Waals surface area contributed by atoms with Gasteiger partial charge < -0.3 is 14.9 Å². The van der Waals surface area contributed by atoms with Crippen molar-refractivity contribution >= 4 is 5.91 Å². The molecule has 1 saturated heterocycles. The molecule has 0 saturated carbocycles. The van der Waals surface area contributed by atoms with Crippen molar-refractivity contribution in [3.8, 4) is 0 Å². The standard InChI is InChI=1S/C18H24N2O2/c1-2-5-15-10-14(13-21)11-16-17(15)12-20(18(16)22)9-8-19-6-3-4-7-19/h2,10-11,21H,1,3-9,12-13H2. The summed E-state index contributed by atoms with van der Waals surface area (Å²) in [5.41, 5.74) is 3.81. The zero-order valence-electron chi connectivity index (χ0n) is 13.1. The SMILES string of the molecule is C=CCc1cc(CO)cc2c1CN(CCN1CCCC1)C2=O. The van der Waals surface area contributed by atoms with E-state index in [0.717, 1.165) is 54.9 Å². The molecule has 118 valence electrons. The van der Waals surface area contributed by atoms with Crippen LogP contribution in [0.4, 0.5) is 0 Å². The van der Waals surface area contributed by atoms with Crippen molar-refractivity contribution in [3.05, 3.63) is 47.0 Å². The van der Waals surface area contributed by atoms with Crippen LogP contribution in [-0.4, -0.2) is 47.0 Å². The molecule has 0 atom stereocenters. The van der Waals surface area contributed by atoms with Gasteiger partial charge in [-0.3, -0.25) is 4.79 Å². The monoisotopic (exact) mass is 300 g/mol. The van der Waals surface area contributed by atoms with Crippen LogP contribution in [0.3, 0.4) is 0 Å². The number of amides is 1. The summed E-state index contributed by atoms with van der Waals surface area (Å²) in [5.74, 6) is 0.106. The summed E-state index contributed by atoms with van der Waals surface area (Å²) < 4.78 is 0. The van der Waals surface area contributed by atoms with Gasteiger partial charge in [0.05, 0.1) is 6.61 Å². The number of fused-ring (bicyclic) bond motifs is 1. The lowest BCUT2D eigenvalue weighted by atomic mass is 9.97. The molecule has 0 unspecified atom stereocenters. The number of rotatable bonds is 6. The Kier molecular flexibility index (Phi) is 4.60. The molecule has 0 bridgehead atoms. The topological polar surface area (TPSA) is 43.8 Å². The summed E-state index contributed by atoms with van der Waals surface area (Å²) in [7, 11) is 0. The molecular weight excluding hydrogens is 276 g/mol. The van der Waals surface area contributed by atoms with E-state index in [4.69, 9.17) is 0 Å². The molecule has 3 rings (SSSR count). The zero-order chi connectivity index (χ0) is 15.5. The Bertz CT molecular complexity index is 577. The first kappa shape index (κ1) is 15.3. The van der Waals surface area contributed by atoms with E-state index in [1.54, 1.807) is 0 Å². The highest BCUT2D eigenvalue weighted by Crippen LogP contribution is 2.28. The number of carbonyl (C=O) groups excluding carboxylic acids is 1. The Morgan fingerprint density at radius 3 is 2.68 bits per heavy atom. The number of aliphatic hydroxyl groups excluding tert-OH is 1. The zero-order valence-corrected chi connectivity index (χ0v) is 13.1. The number of aliphatic hydroxyl groups is 1. The minimum Gasteiger partial charge on any atom is -0.392 e. The fraction of sp³-hybridized carbons (Fsp3) is 0.500. The van der Waals surface area contributed by atoms with Crippen LogP contribution >= 0.6 is 0 Å². The highest BCUT2D eigenvalue weighted by atomic mass is 16.3. The Morgan fingerprint density at radius 1 is 1.23 bits per heavy atom. The largest absolute Gasteiger partial charge is 0.392 e. The third-order valence-electron chi connectivity index (χ3n) is 4.70. The molecule has 2 heterocycles. The molecule has 4 heteroatoms. The molecule has 0 radical (unpaired) electrons. The Hall–Kier alpha value is -1.65. The van der Waals surface area contributed by atoms with Crippen molar-refractivity contribution < 1.29 is 9.90 Å². The molecular formula is C18H24N2O2. The molecule has 2 aliphatic heterocycles. The highest BCUT2D eigenvalue weighted by Gasteiger charge is 2.29. The van der Waals surface area contributed by atoms with E-state index in [2.05, 4.69) is 11.5 Å². The fourth-order valence-corrected chi connectivity index (χ4v) is 3.49. The molecule has 1 N–H and O–H groups in total. The van der Waals surface area contributed by atoms with Crippen molar-refractivity contribution in [2.45, 2.75) is 32.4 Å². The van der Waals surface area contributed by atoms with Crippen LogP contribution in [-0.2, 0) is 19.6 Å². The summed E-state index contributed by atoms with van der Waals surface area (Å²) in [6.07, 6.45) is 5.15. The Morgan fingerprint density at radius 2 is 2.00 bits per heavy atom. The molecule has 1 aromatic rings. The third kappa shape index (κ3) is 2.94. The number of benzene rings is 1. The lowest BCUT2D eigenvalue weighted by Crippen LogP contribution is -2.34. The van der Waals surface area contributed by atoms with Crippen molar-refractivity contribution in [1.82, 2.24) is 9.80 Å². The van der Waals surface area contributed by atoms with E-state index in [-0.39, 0.29) is 12.5 Å². The second kappa shape index (κ2) is 6.63. The van der Waals surface area contributed by atoms with Gasteiger partial charge in [0.2, 0.25) is 0 Å². The van der Waals surface area contributed by atoms with Gasteiger partial charge in [0.15, 0.2) is 0 Å². The van der Waals surface area contributed by atoms with E-state index in [0.29, 0.717) is 6.54 Å². The van der Waals surface area contributed by atoms with E-state index >= 15 is 0 Å². The van der Waals surface area contributed by atoms with Gasteiger partial charge in [-0.15, -0.1) is 6.58 Å². The van der Waals surface area contributed by atoms with E-state index in [1.165, 1.54) is 12.8 Å². The fourth-order valence-electron chi connectivity index (χ4n) is 3.49. The normalized spacial score (nSPS) is 18.0. The molecule has 1 aromatic carbocycles. The molecule has 0 aromatic heterocycles. The second-order valence-electron chi connectivity index (χ2n) is 6.21. The molecule has 2 aliphatic rings. The van der Waals surface area contributed by atoms with Gasteiger partial charge in [0.1, 0.15) is 0 Å². The first-order chi connectivity index (χ1) is 10.7. The number of nitrogens with zero attached hydrogens (tertiary/aromatic N) is 2. The summed E-state index contributed by atoms with van der Waals surface area (Å²) in [6, 6.07) is 3.85. The van der Waals surface area contributed by atoms with Crippen LogP contribution in [0.25, 0.3) is 0 Å². The van der Waals surface area contributed by atoms with Crippen molar-refractivity contribution in [2.24, 2.45) is 0 Å². The predicted octanol–water partition coefficient (Wildman–Crippen LogP) is 1.96. The first-order valence-corrected chi connectivity index (χ1v) is 8.11. The maximum Gasteiger partial charge on any atom is 0.254 e. The quantitative estimate of drug-likeness (QED) is 0.817. The number of carbonyl (C=O) groups is 1. The van der Waals surface area contributed by atoms with Crippen LogP contribution < -0.4 is 0 Å². The summed E-state index contributed by atoms with van der Waals surface area (Å²) in [4.78, 5) is 17.0. The van der Waals surface area contributed by atoms with Gasteiger partial charge in [-0.05, 0) is 55.1 Å². The van der Waals surface area contributed by atoms with Crippen LogP contribution in [0.1, 0.15) is 39.9 Å². The smallest absolute Gasteiger partial charge is 0.254 e. The molecule has 4 nitrogen and oxygen atoms in total. The van der Waals surface area contributed by atoms with Crippen LogP contribution in [0.15, 0.2) is 24.8 Å². The summed E-state index contributed by atoms with van der Waals surface area (Å²) in [6.45, 7) is 8.52. The van der Waals surface area contributed by atoms with Gasteiger partial charge in [-0.25, -0.2) is 0 Å². The highest BCUT2D eigenvalue weighted by molar-refractivity contribution is 5.99. The van der Waals surface area contributed by atoms with E-state index in [9.17, 15) is 9.90 Å². The lowest BCUT2D eigenvalue weighted by Gasteiger charge is -2.20. The van der Waals surface area contributed by atoms with Gasteiger partial charge in [0, 0.05) is 25.2 Å². The second-order valence-corrected chi connectivity index (χ2v) is 6.21.